The lowest BCUT2D eigenvalue weighted by atomic mass is 9.85. The Balaban J connectivity index is 1.23. The van der Waals surface area contributed by atoms with E-state index in [4.69, 9.17) is 4.98 Å². The minimum atomic E-state index is -0.699. The van der Waals surface area contributed by atoms with Crippen molar-refractivity contribution in [3.63, 3.8) is 0 Å². The molecular formula is C27H37N3O2. The minimum Gasteiger partial charge on any atom is -0.481 e. The van der Waals surface area contributed by atoms with Crippen molar-refractivity contribution in [2.24, 2.45) is 5.92 Å². The van der Waals surface area contributed by atoms with Gasteiger partial charge in [0.1, 0.15) is 5.82 Å². The third-order valence-corrected chi connectivity index (χ3v) is 7.08. The number of benzene rings is 1. The van der Waals surface area contributed by atoms with Crippen LogP contribution in [0, 0.1) is 5.92 Å². The predicted octanol–water partition coefficient (Wildman–Crippen LogP) is 5.12. The highest BCUT2D eigenvalue weighted by Gasteiger charge is 2.22. The van der Waals surface area contributed by atoms with Crippen LogP contribution in [0.4, 0.5) is 5.82 Å². The van der Waals surface area contributed by atoms with Gasteiger partial charge in [-0.15, -0.1) is 0 Å². The number of nitrogens with one attached hydrogen (secondary N) is 1. The quantitative estimate of drug-likeness (QED) is 0.542. The maximum absolute atomic E-state index is 11.4. The number of aliphatic carboxylic acids is 1. The van der Waals surface area contributed by atoms with Crippen molar-refractivity contribution in [3.05, 3.63) is 59.3 Å². The van der Waals surface area contributed by atoms with Gasteiger partial charge in [-0.25, -0.2) is 4.98 Å². The van der Waals surface area contributed by atoms with Crippen LogP contribution >= 0.6 is 0 Å². The second kappa shape index (κ2) is 11.5. The molecule has 0 unspecified atom stereocenters. The Morgan fingerprint density at radius 3 is 2.91 bits per heavy atom. The number of pyridine rings is 1. The van der Waals surface area contributed by atoms with Crippen molar-refractivity contribution in [2.45, 2.75) is 63.7 Å². The largest absolute Gasteiger partial charge is 0.481 e. The van der Waals surface area contributed by atoms with Gasteiger partial charge >= 0.3 is 5.97 Å². The molecule has 2 aliphatic heterocycles. The van der Waals surface area contributed by atoms with Gasteiger partial charge in [0, 0.05) is 18.8 Å². The molecule has 0 bridgehead atoms. The highest BCUT2D eigenvalue weighted by molar-refractivity contribution is 5.68. The normalized spacial score (nSPS) is 19.7. The minimum absolute atomic E-state index is 0.118. The second-order valence-electron chi connectivity index (χ2n) is 9.54. The molecule has 0 spiro atoms. The van der Waals surface area contributed by atoms with E-state index in [1.165, 1.54) is 37.1 Å². The molecule has 4 rings (SSSR count). The summed E-state index contributed by atoms with van der Waals surface area (Å²) >= 11 is 0. The van der Waals surface area contributed by atoms with E-state index in [0.29, 0.717) is 5.92 Å². The van der Waals surface area contributed by atoms with E-state index >= 15 is 0 Å². The fourth-order valence-electron chi connectivity index (χ4n) is 5.34. The van der Waals surface area contributed by atoms with Gasteiger partial charge in [0.05, 0.1) is 6.42 Å². The summed E-state index contributed by atoms with van der Waals surface area (Å²) in [5, 5.41) is 12.8. The van der Waals surface area contributed by atoms with Gasteiger partial charge in [0.2, 0.25) is 0 Å². The molecule has 172 valence electrons. The molecule has 1 fully saturated rings. The third kappa shape index (κ3) is 6.55. The Kier molecular flexibility index (Phi) is 8.16. The zero-order valence-corrected chi connectivity index (χ0v) is 19.1. The Labute approximate surface area is 192 Å². The van der Waals surface area contributed by atoms with Crippen molar-refractivity contribution < 1.29 is 9.90 Å². The van der Waals surface area contributed by atoms with Gasteiger partial charge in [-0.05, 0) is 93.5 Å². The number of hydrogen-bond acceptors (Lipinski definition) is 4. The van der Waals surface area contributed by atoms with Crippen LogP contribution in [-0.4, -0.2) is 47.1 Å². The van der Waals surface area contributed by atoms with E-state index < -0.39 is 5.97 Å². The monoisotopic (exact) mass is 435 g/mol. The molecule has 0 radical (unpaired) electrons. The molecule has 0 aliphatic carbocycles. The molecule has 1 aromatic heterocycles. The zero-order valence-electron chi connectivity index (χ0n) is 19.1. The number of likely N-dealkylation sites (tertiary alicyclic amines) is 1. The first-order valence-corrected chi connectivity index (χ1v) is 12.4. The molecular weight excluding hydrogens is 398 g/mol. The topological polar surface area (TPSA) is 65.5 Å². The Hall–Kier alpha value is -2.40. The maximum Gasteiger partial charge on any atom is 0.303 e. The van der Waals surface area contributed by atoms with E-state index in [1.807, 2.05) is 18.2 Å². The average Bonchev–Trinajstić information content (AvgIpc) is 2.82. The van der Waals surface area contributed by atoms with E-state index in [2.05, 4.69) is 34.5 Å². The summed E-state index contributed by atoms with van der Waals surface area (Å²) in [5.74, 6) is 1.19. The molecule has 2 aliphatic rings. The summed E-state index contributed by atoms with van der Waals surface area (Å²) < 4.78 is 0. The van der Waals surface area contributed by atoms with Gasteiger partial charge < -0.3 is 15.3 Å². The standard InChI is InChI=1S/C27H37N3O2/c31-26(32)19-24(22-8-2-1-3-9-22)13-12-21-7-5-17-30(20-21)18-6-11-25-15-14-23-10-4-16-28-27(23)29-25/h1-3,8-9,14-15,21,24H,4-7,10-13,16-20H2,(H,28,29)(H,31,32)/t21-,24-/m0/s1. The number of nitrogens with zero attached hydrogens (tertiary/aromatic N) is 2. The summed E-state index contributed by atoms with van der Waals surface area (Å²) in [6, 6.07) is 14.6. The number of piperidine rings is 1. The van der Waals surface area contributed by atoms with Crippen molar-refractivity contribution >= 4 is 11.8 Å². The summed E-state index contributed by atoms with van der Waals surface area (Å²) in [6.45, 7) is 4.50. The summed E-state index contributed by atoms with van der Waals surface area (Å²) in [5.41, 5.74) is 3.72. The Morgan fingerprint density at radius 2 is 2.06 bits per heavy atom. The molecule has 0 saturated carbocycles. The highest BCUT2D eigenvalue weighted by atomic mass is 16.4. The lowest BCUT2D eigenvalue weighted by Gasteiger charge is -2.33. The fraction of sp³-hybridized carbons (Fsp3) is 0.556. The summed E-state index contributed by atoms with van der Waals surface area (Å²) in [7, 11) is 0. The number of carboxylic acids is 1. The van der Waals surface area contributed by atoms with Gasteiger partial charge in [-0.3, -0.25) is 4.79 Å². The molecule has 1 aromatic carbocycles. The number of anilines is 1. The molecule has 0 amide bonds. The zero-order chi connectivity index (χ0) is 22.2. The van der Waals surface area contributed by atoms with Crippen LogP contribution < -0.4 is 5.32 Å². The van der Waals surface area contributed by atoms with Crippen LogP contribution in [0.5, 0.6) is 0 Å². The SMILES string of the molecule is O=C(O)C[C@H](CC[C@@H]1CCCN(CCCc2ccc3c(n2)NCCC3)C1)c1ccccc1. The van der Waals surface area contributed by atoms with Crippen LogP contribution in [-0.2, 0) is 17.6 Å². The molecule has 2 N–H and O–H groups in total. The van der Waals surface area contributed by atoms with Crippen molar-refractivity contribution in [2.75, 3.05) is 31.5 Å². The van der Waals surface area contributed by atoms with E-state index in [1.54, 1.807) is 0 Å². The van der Waals surface area contributed by atoms with E-state index in [9.17, 15) is 9.90 Å². The number of carbonyl (C=O) groups is 1. The van der Waals surface area contributed by atoms with Gasteiger partial charge in [-0.1, -0.05) is 36.4 Å². The number of rotatable bonds is 10. The van der Waals surface area contributed by atoms with Crippen LogP contribution in [0.25, 0.3) is 0 Å². The van der Waals surface area contributed by atoms with Gasteiger partial charge in [0.25, 0.3) is 0 Å². The predicted molar refractivity (Wildman–Crippen MR) is 129 cm³/mol. The Bertz CT molecular complexity index is 870. The lowest BCUT2D eigenvalue weighted by Crippen LogP contribution is -2.36. The second-order valence-corrected chi connectivity index (χ2v) is 9.54. The van der Waals surface area contributed by atoms with E-state index in [-0.39, 0.29) is 12.3 Å². The van der Waals surface area contributed by atoms with Crippen LogP contribution in [0.3, 0.4) is 0 Å². The highest BCUT2D eigenvalue weighted by Crippen LogP contribution is 2.30. The fourth-order valence-corrected chi connectivity index (χ4v) is 5.34. The van der Waals surface area contributed by atoms with Crippen molar-refractivity contribution in [3.8, 4) is 0 Å². The number of hydrogen-bond donors (Lipinski definition) is 2. The van der Waals surface area contributed by atoms with Crippen LogP contribution in [0.1, 0.15) is 67.7 Å². The average molecular weight is 436 g/mol. The molecule has 2 aromatic rings. The summed E-state index contributed by atoms with van der Waals surface area (Å²) in [4.78, 5) is 18.8. The third-order valence-electron chi connectivity index (χ3n) is 7.08. The molecule has 1 saturated heterocycles. The van der Waals surface area contributed by atoms with Gasteiger partial charge in [0.15, 0.2) is 0 Å². The first-order chi connectivity index (χ1) is 15.7. The van der Waals surface area contributed by atoms with E-state index in [0.717, 1.165) is 63.1 Å². The van der Waals surface area contributed by atoms with Crippen molar-refractivity contribution in [1.29, 1.82) is 0 Å². The molecule has 32 heavy (non-hydrogen) atoms. The smallest absolute Gasteiger partial charge is 0.303 e. The number of aryl methyl sites for hydroxylation is 2. The molecule has 2 atom stereocenters. The molecule has 5 nitrogen and oxygen atoms in total. The lowest BCUT2D eigenvalue weighted by molar-refractivity contribution is -0.137. The van der Waals surface area contributed by atoms with Crippen molar-refractivity contribution in [1.82, 2.24) is 9.88 Å². The molecule has 5 heteroatoms. The number of carboxylic acid groups (broad SMARTS) is 1. The maximum atomic E-state index is 11.4. The number of aromatic nitrogens is 1. The first kappa shape index (κ1) is 22.8. The summed E-state index contributed by atoms with van der Waals surface area (Å²) in [6.07, 6.45) is 9.33. The number of fused-ring (bicyclic) bond motifs is 1. The Morgan fingerprint density at radius 1 is 1.19 bits per heavy atom. The molecule has 3 heterocycles. The van der Waals surface area contributed by atoms with Crippen LogP contribution in [0.15, 0.2) is 42.5 Å². The first-order valence-electron chi connectivity index (χ1n) is 12.4. The van der Waals surface area contributed by atoms with Gasteiger partial charge in [-0.2, -0.15) is 0 Å². The van der Waals surface area contributed by atoms with Crippen LogP contribution in [0.2, 0.25) is 0 Å².